The van der Waals surface area contributed by atoms with Crippen LogP contribution in [0.15, 0.2) is 48.5 Å². The fourth-order valence-electron chi connectivity index (χ4n) is 4.52. The first kappa shape index (κ1) is 27.8. The molecule has 1 aliphatic heterocycles. The number of ether oxygens (including phenoxy) is 2. The van der Waals surface area contributed by atoms with Gasteiger partial charge in [0.2, 0.25) is 11.5 Å². The SMILES string of the molecule is COc1ccc2[nH]nc(C(=O)NCC(O)(c3cc4c(c(-c5ccc(F)cc5)n3)OC[C@]4(C)C(N)=O)C(F)(F)F)c2c1. The van der Waals surface area contributed by atoms with Gasteiger partial charge in [0, 0.05) is 16.5 Å². The number of nitrogens with zero attached hydrogens (tertiary/aromatic N) is 2. The molecule has 0 spiro atoms. The first-order valence-electron chi connectivity index (χ1n) is 12.1. The quantitative estimate of drug-likeness (QED) is 0.248. The molecular weight excluding hydrogens is 550 g/mol. The number of carbonyl (C=O) groups is 2. The molecule has 0 saturated carbocycles. The molecule has 0 radical (unpaired) electrons. The maximum Gasteiger partial charge on any atom is 0.424 e. The Morgan fingerprint density at radius 2 is 1.90 bits per heavy atom. The minimum Gasteiger partial charge on any atom is -0.497 e. The number of hydrogen-bond acceptors (Lipinski definition) is 7. The molecule has 5 N–H and O–H groups in total. The van der Waals surface area contributed by atoms with Gasteiger partial charge >= 0.3 is 6.18 Å². The Morgan fingerprint density at radius 3 is 2.54 bits per heavy atom. The maximum absolute atomic E-state index is 14.6. The van der Waals surface area contributed by atoms with E-state index in [0.29, 0.717) is 11.3 Å². The van der Waals surface area contributed by atoms with Crippen LogP contribution >= 0.6 is 0 Å². The van der Waals surface area contributed by atoms with Crippen LogP contribution in [0, 0.1) is 5.82 Å². The monoisotopic (exact) mass is 573 g/mol. The number of benzene rings is 2. The number of pyridine rings is 1. The number of rotatable bonds is 7. The summed E-state index contributed by atoms with van der Waals surface area (Å²) in [6.45, 7) is -0.283. The number of hydrogen-bond donors (Lipinski definition) is 4. The molecule has 0 aliphatic carbocycles. The number of alkyl halides is 3. The van der Waals surface area contributed by atoms with E-state index in [1.54, 1.807) is 12.1 Å². The van der Waals surface area contributed by atoms with Gasteiger partial charge in [-0.25, -0.2) is 9.37 Å². The van der Waals surface area contributed by atoms with Crippen LogP contribution in [0.25, 0.3) is 22.2 Å². The van der Waals surface area contributed by atoms with Gasteiger partial charge < -0.3 is 25.6 Å². The van der Waals surface area contributed by atoms with E-state index in [1.165, 1.54) is 32.2 Å². The van der Waals surface area contributed by atoms with Crippen molar-refractivity contribution in [1.29, 1.82) is 0 Å². The smallest absolute Gasteiger partial charge is 0.424 e. The van der Waals surface area contributed by atoms with Crippen LogP contribution < -0.4 is 20.5 Å². The van der Waals surface area contributed by atoms with Gasteiger partial charge in [-0.2, -0.15) is 18.3 Å². The van der Waals surface area contributed by atoms with Crippen LogP contribution in [0.4, 0.5) is 17.6 Å². The van der Waals surface area contributed by atoms with Crippen LogP contribution in [0.2, 0.25) is 0 Å². The number of aromatic amines is 1. The highest BCUT2D eigenvalue weighted by molar-refractivity contribution is 6.05. The molecule has 10 nitrogen and oxygen atoms in total. The molecule has 2 amide bonds. The summed E-state index contributed by atoms with van der Waals surface area (Å²) >= 11 is 0. The number of aromatic nitrogens is 3. The zero-order valence-corrected chi connectivity index (χ0v) is 21.6. The van der Waals surface area contributed by atoms with Gasteiger partial charge in [-0.1, -0.05) is 0 Å². The summed E-state index contributed by atoms with van der Waals surface area (Å²) in [5.74, 6) is -2.16. The predicted molar refractivity (Wildman–Crippen MR) is 137 cm³/mol. The number of H-pyrrole nitrogens is 1. The van der Waals surface area contributed by atoms with E-state index in [1.807, 2.05) is 0 Å². The average Bonchev–Trinajstić information content (AvgIpc) is 3.52. The highest BCUT2D eigenvalue weighted by Crippen LogP contribution is 2.47. The highest BCUT2D eigenvalue weighted by Gasteiger charge is 2.57. The molecule has 1 aliphatic rings. The van der Waals surface area contributed by atoms with Gasteiger partial charge in [0.25, 0.3) is 5.91 Å². The van der Waals surface area contributed by atoms with Gasteiger partial charge in [0.05, 0.1) is 24.9 Å². The van der Waals surface area contributed by atoms with Gasteiger partial charge in [-0.15, -0.1) is 0 Å². The maximum atomic E-state index is 14.6. The van der Waals surface area contributed by atoms with Crippen molar-refractivity contribution in [1.82, 2.24) is 20.5 Å². The van der Waals surface area contributed by atoms with Gasteiger partial charge in [-0.3, -0.25) is 14.7 Å². The molecular formula is C27H23F4N5O5. The van der Waals surface area contributed by atoms with Gasteiger partial charge in [-0.05, 0) is 55.5 Å². The first-order valence-corrected chi connectivity index (χ1v) is 12.1. The standard InChI is InChI=1S/C27H23F4N5O5/c1-25(24(32)38)12-41-22-17(25)10-19(34-20(22)13-3-5-14(28)6-4-13)26(39,27(29,30)31)11-33-23(37)21-16-9-15(40-2)7-8-18(16)35-36-21/h3-10,39H,11-12H2,1-2H3,(H2,32,38)(H,33,37)(H,35,36)/t25-,26?/m0/s1. The van der Waals surface area contributed by atoms with E-state index in [4.69, 9.17) is 15.2 Å². The number of nitrogens with two attached hydrogens (primary N) is 1. The highest BCUT2D eigenvalue weighted by atomic mass is 19.4. The van der Waals surface area contributed by atoms with Crippen LogP contribution in [0.1, 0.15) is 28.7 Å². The number of halogens is 4. The molecule has 0 saturated heterocycles. The minimum absolute atomic E-state index is 0.0350. The van der Waals surface area contributed by atoms with E-state index in [-0.39, 0.29) is 40.3 Å². The molecule has 214 valence electrons. The van der Waals surface area contributed by atoms with Crippen molar-refractivity contribution in [2.45, 2.75) is 24.1 Å². The average molecular weight is 574 g/mol. The van der Waals surface area contributed by atoms with Crippen LogP contribution in [-0.4, -0.2) is 58.5 Å². The molecule has 1 unspecified atom stereocenters. The minimum atomic E-state index is -5.36. The van der Waals surface area contributed by atoms with E-state index >= 15 is 0 Å². The summed E-state index contributed by atoms with van der Waals surface area (Å²) in [7, 11) is 1.41. The predicted octanol–water partition coefficient (Wildman–Crippen LogP) is 3.09. The van der Waals surface area contributed by atoms with E-state index in [2.05, 4.69) is 20.5 Å². The summed E-state index contributed by atoms with van der Waals surface area (Å²) in [4.78, 5) is 29.4. The summed E-state index contributed by atoms with van der Waals surface area (Å²) in [5, 5.41) is 20.0. The Hall–Kier alpha value is -4.72. The fourth-order valence-corrected chi connectivity index (χ4v) is 4.52. The molecule has 5 rings (SSSR count). The van der Waals surface area contributed by atoms with E-state index in [0.717, 1.165) is 18.2 Å². The van der Waals surface area contributed by atoms with Crippen molar-refractivity contribution >= 4 is 22.7 Å². The number of carbonyl (C=O) groups excluding carboxylic acids is 2. The fraction of sp³-hybridized carbons (Fsp3) is 0.259. The molecule has 4 aromatic rings. The number of nitrogens with one attached hydrogen (secondary N) is 2. The van der Waals surface area contributed by atoms with Crippen molar-refractivity contribution in [3.05, 3.63) is 71.3 Å². The summed E-state index contributed by atoms with van der Waals surface area (Å²) in [5.41, 5.74) is -0.541. The largest absolute Gasteiger partial charge is 0.497 e. The second-order valence-corrected chi connectivity index (χ2v) is 9.75. The van der Waals surface area contributed by atoms with Crippen molar-refractivity contribution in [3.63, 3.8) is 0 Å². The third kappa shape index (κ3) is 4.59. The third-order valence-corrected chi connectivity index (χ3v) is 7.12. The molecule has 0 bridgehead atoms. The molecule has 41 heavy (non-hydrogen) atoms. The van der Waals surface area contributed by atoms with E-state index < -0.39 is 47.1 Å². The first-order chi connectivity index (χ1) is 19.3. The molecule has 3 heterocycles. The number of amides is 2. The summed E-state index contributed by atoms with van der Waals surface area (Å²) in [6.07, 6.45) is -5.36. The van der Waals surface area contributed by atoms with Crippen molar-refractivity contribution in [2.24, 2.45) is 5.73 Å². The van der Waals surface area contributed by atoms with Crippen LogP contribution in [0.3, 0.4) is 0 Å². The molecule has 2 aromatic carbocycles. The lowest BCUT2D eigenvalue weighted by molar-refractivity contribution is -0.265. The second-order valence-electron chi connectivity index (χ2n) is 9.75. The molecule has 0 fully saturated rings. The number of aliphatic hydroxyl groups is 1. The Labute approximate surface area is 229 Å². The molecule has 2 atom stereocenters. The van der Waals surface area contributed by atoms with Crippen LogP contribution in [-0.2, 0) is 15.8 Å². The van der Waals surface area contributed by atoms with Gasteiger partial charge in [0.15, 0.2) is 5.69 Å². The summed E-state index contributed by atoms with van der Waals surface area (Å²) < 4.78 is 68.1. The molecule has 14 heteroatoms. The number of fused-ring (bicyclic) bond motifs is 2. The zero-order valence-electron chi connectivity index (χ0n) is 21.6. The zero-order chi connectivity index (χ0) is 29.7. The summed E-state index contributed by atoms with van der Waals surface area (Å²) in [6, 6.07) is 10.2. The topological polar surface area (TPSA) is 152 Å². The van der Waals surface area contributed by atoms with Crippen LogP contribution in [0.5, 0.6) is 11.5 Å². The van der Waals surface area contributed by atoms with Crippen molar-refractivity contribution < 1.29 is 41.7 Å². The number of methoxy groups -OCH3 is 1. The van der Waals surface area contributed by atoms with Crippen molar-refractivity contribution in [2.75, 3.05) is 20.3 Å². The lowest BCUT2D eigenvalue weighted by Gasteiger charge is -2.31. The lowest BCUT2D eigenvalue weighted by Crippen LogP contribution is -2.52. The Kier molecular flexibility index (Phi) is 6.60. The normalized spacial score (nSPS) is 17.9. The Bertz CT molecular complexity index is 1670. The van der Waals surface area contributed by atoms with Crippen molar-refractivity contribution in [3.8, 4) is 22.8 Å². The Morgan fingerprint density at radius 1 is 1.20 bits per heavy atom. The second kappa shape index (κ2) is 9.73. The number of primary amides is 1. The lowest BCUT2D eigenvalue weighted by atomic mass is 9.81. The van der Waals surface area contributed by atoms with Gasteiger partial charge in [0.1, 0.15) is 35.0 Å². The third-order valence-electron chi connectivity index (χ3n) is 7.12. The Balaban J connectivity index is 1.59. The molecule has 2 aromatic heterocycles. The van der Waals surface area contributed by atoms with E-state index in [9.17, 15) is 32.3 Å².